The van der Waals surface area contributed by atoms with Gasteiger partial charge in [0.15, 0.2) is 0 Å². The number of hydrogen-bond donors (Lipinski definition) is 5. The van der Waals surface area contributed by atoms with Crippen LogP contribution in [0.15, 0.2) is 0 Å². The normalized spacial score (nSPS) is 13.1. The topological polar surface area (TPSA) is 127 Å². The van der Waals surface area contributed by atoms with E-state index < -0.39 is 20.7 Å². The van der Waals surface area contributed by atoms with Gasteiger partial charge in [0.1, 0.15) is 0 Å². The minimum absolute atomic E-state index is 0. The van der Waals surface area contributed by atoms with Gasteiger partial charge in [0.2, 0.25) is 5.52 Å². The van der Waals surface area contributed by atoms with E-state index in [1.807, 2.05) is 0 Å². The van der Waals surface area contributed by atoms with E-state index in [2.05, 4.69) is 5.32 Å². The van der Waals surface area contributed by atoms with Crippen molar-refractivity contribution in [3.8, 4) is 0 Å². The molecule has 0 rings (SSSR count). The van der Waals surface area contributed by atoms with E-state index in [1.54, 1.807) is 13.8 Å². The SMILES string of the molecule is CC(C)CNC(P(=O)(O)O)P(=O)(O)O.[99Tc]. The van der Waals surface area contributed by atoms with Crippen molar-refractivity contribution >= 4 is 15.2 Å². The van der Waals surface area contributed by atoms with E-state index in [0.717, 1.165) is 0 Å². The summed E-state index contributed by atoms with van der Waals surface area (Å²) in [5.41, 5.74) is -2.10. The Labute approximate surface area is 101 Å². The quantitative estimate of drug-likeness (QED) is 0.439. The van der Waals surface area contributed by atoms with Crippen molar-refractivity contribution in [1.29, 1.82) is 0 Å². The molecule has 5 N–H and O–H groups in total. The zero-order chi connectivity index (χ0) is 11.6. The number of nitrogens with one attached hydrogen (secondary N) is 1. The summed E-state index contributed by atoms with van der Waals surface area (Å²) >= 11 is 0. The second kappa shape index (κ2) is 6.60. The molecule has 0 aromatic carbocycles. The Kier molecular flexibility index (Phi) is 8.04. The van der Waals surface area contributed by atoms with Crippen LogP contribution < -0.4 is 5.32 Å². The molecule has 0 fully saturated rings. The Morgan fingerprint density at radius 1 is 1.07 bits per heavy atom. The summed E-state index contributed by atoms with van der Waals surface area (Å²) in [4.78, 5) is 34.7. The maximum absolute atomic E-state index is 10.7. The third kappa shape index (κ3) is 7.75. The molecule has 0 aromatic rings. The molecular formula is C5H15NO6P2Tc. The van der Waals surface area contributed by atoms with Crippen molar-refractivity contribution in [2.45, 2.75) is 19.4 Å². The van der Waals surface area contributed by atoms with Gasteiger partial charge in [-0.1, -0.05) is 13.8 Å². The fourth-order valence-electron chi connectivity index (χ4n) is 0.775. The van der Waals surface area contributed by atoms with Crippen LogP contribution in [0, 0.1) is 5.92 Å². The Balaban J connectivity index is 0. The Morgan fingerprint density at radius 2 is 1.40 bits per heavy atom. The van der Waals surface area contributed by atoms with E-state index in [4.69, 9.17) is 19.6 Å². The predicted octanol–water partition coefficient (Wildman–Crippen LogP) is -0.132. The van der Waals surface area contributed by atoms with Gasteiger partial charge in [-0.2, -0.15) is 0 Å². The van der Waals surface area contributed by atoms with Crippen LogP contribution in [0.5, 0.6) is 0 Å². The summed E-state index contributed by atoms with van der Waals surface area (Å²) < 4.78 is 21.5. The second-order valence-corrected chi connectivity index (χ2v) is 7.15. The summed E-state index contributed by atoms with van der Waals surface area (Å²) in [5, 5.41) is 2.17. The van der Waals surface area contributed by atoms with Crippen LogP contribution in [0.25, 0.3) is 0 Å². The first kappa shape index (κ1) is 18.3. The van der Waals surface area contributed by atoms with Gasteiger partial charge in [-0.3, -0.25) is 14.4 Å². The number of hydrogen-bond acceptors (Lipinski definition) is 3. The molecule has 0 aliphatic rings. The van der Waals surface area contributed by atoms with Gasteiger partial charge in [-0.05, 0) is 12.5 Å². The molecule has 0 atom stereocenters. The molecule has 15 heavy (non-hydrogen) atoms. The van der Waals surface area contributed by atoms with Crippen LogP contribution in [-0.4, -0.2) is 31.6 Å². The molecule has 0 bridgehead atoms. The van der Waals surface area contributed by atoms with Crippen LogP contribution in [-0.2, 0) is 29.2 Å². The summed E-state index contributed by atoms with van der Waals surface area (Å²) in [7, 11) is -9.66. The molecule has 0 amide bonds. The average molecular weight is 346 g/mol. The van der Waals surface area contributed by atoms with Gasteiger partial charge in [0.05, 0.1) is 0 Å². The van der Waals surface area contributed by atoms with E-state index in [0.29, 0.717) is 0 Å². The molecule has 0 aliphatic carbocycles. The third-order valence-corrected chi connectivity index (χ3v) is 4.79. The van der Waals surface area contributed by atoms with E-state index in [1.165, 1.54) is 0 Å². The first-order chi connectivity index (χ1) is 6.05. The molecule has 0 spiro atoms. The van der Waals surface area contributed by atoms with E-state index >= 15 is 0 Å². The van der Waals surface area contributed by atoms with Crippen LogP contribution in [0.2, 0.25) is 0 Å². The molecule has 0 aromatic heterocycles. The fraction of sp³-hybridized carbons (Fsp3) is 1.00. The molecule has 0 aliphatic heterocycles. The Morgan fingerprint density at radius 3 is 1.60 bits per heavy atom. The zero-order valence-corrected chi connectivity index (χ0v) is 11.9. The summed E-state index contributed by atoms with van der Waals surface area (Å²) in [6.45, 7) is 3.63. The number of rotatable bonds is 5. The maximum Gasteiger partial charge on any atom is 0.354 e. The molecule has 93 valence electrons. The standard InChI is InChI=1S/C5H15NO6P2.Tc/c1-4(2)3-6-5(13(7,8)9)14(10,11)12;/h4-6H,3H2,1-2H3,(H2,7,8,9)(H2,10,11,12);/i;1+1. The maximum atomic E-state index is 10.7. The summed E-state index contributed by atoms with van der Waals surface area (Å²) in [6.07, 6.45) is 0. The minimum atomic E-state index is -4.83. The summed E-state index contributed by atoms with van der Waals surface area (Å²) in [6, 6.07) is 0. The molecule has 0 heterocycles. The molecule has 10 heteroatoms. The Bertz CT molecular complexity index is 251. The van der Waals surface area contributed by atoms with Gasteiger partial charge in [0, 0.05) is 20.1 Å². The second-order valence-electron chi connectivity index (χ2n) is 3.35. The smallest absolute Gasteiger partial charge is 0.323 e. The predicted molar refractivity (Wildman–Crippen MR) is 50.7 cm³/mol. The molecular weight excluding hydrogens is 331 g/mol. The van der Waals surface area contributed by atoms with Crippen LogP contribution >= 0.6 is 15.2 Å². The van der Waals surface area contributed by atoms with Gasteiger partial charge in [-0.15, -0.1) is 0 Å². The van der Waals surface area contributed by atoms with Crippen LogP contribution in [0.4, 0.5) is 0 Å². The monoisotopic (exact) mass is 346 g/mol. The first-order valence-corrected chi connectivity index (χ1v) is 7.25. The first-order valence-electron chi connectivity index (χ1n) is 3.89. The van der Waals surface area contributed by atoms with Crippen molar-refractivity contribution in [2.24, 2.45) is 5.92 Å². The van der Waals surface area contributed by atoms with Gasteiger partial charge < -0.3 is 19.6 Å². The minimum Gasteiger partial charge on any atom is -0.323 e. The van der Waals surface area contributed by atoms with E-state index in [-0.39, 0.29) is 32.6 Å². The van der Waals surface area contributed by atoms with Gasteiger partial charge >= 0.3 is 15.2 Å². The largest absolute Gasteiger partial charge is 0.354 e. The fourth-order valence-corrected chi connectivity index (χ4v) is 3.03. The Hall–Kier alpha value is 0.909. The average Bonchev–Trinajstić information content (AvgIpc) is 1.78. The van der Waals surface area contributed by atoms with Crippen LogP contribution in [0.3, 0.4) is 0 Å². The van der Waals surface area contributed by atoms with Crippen molar-refractivity contribution in [3.05, 3.63) is 0 Å². The van der Waals surface area contributed by atoms with Crippen LogP contribution in [0.1, 0.15) is 13.8 Å². The van der Waals surface area contributed by atoms with E-state index in [9.17, 15) is 9.13 Å². The van der Waals surface area contributed by atoms with Crippen molar-refractivity contribution in [1.82, 2.24) is 5.32 Å². The van der Waals surface area contributed by atoms with Gasteiger partial charge in [-0.25, -0.2) is 0 Å². The van der Waals surface area contributed by atoms with Gasteiger partial charge in [0.25, 0.3) is 0 Å². The van der Waals surface area contributed by atoms with Crippen molar-refractivity contribution in [3.63, 3.8) is 0 Å². The molecule has 7 nitrogen and oxygen atoms in total. The zero-order valence-electron chi connectivity index (χ0n) is 8.24. The third-order valence-electron chi connectivity index (χ3n) is 1.35. The van der Waals surface area contributed by atoms with Crippen molar-refractivity contribution in [2.75, 3.05) is 6.54 Å². The molecule has 0 saturated carbocycles. The molecule has 0 unspecified atom stereocenters. The molecule has 1 radical (unpaired) electrons. The summed E-state index contributed by atoms with van der Waals surface area (Å²) in [5.74, 6) is 0.0376. The molecule has 0 saturated heterocycles. The van der Waals surface area contributed by atoms with Crippen molar-refractivity contribution < 1.29 is 48.8 Å².